The van der Waals surface area contributed by atoms with E-state index in [2.05, 4.69) is 15.5 Å². The first-order valence-electron chi connectivity index (χ1n) is 6.15. The number of urea groups is 1. The minimum Gasteiger partial charge on any atom is -0.480 e. The molecule has 8 nitrogen and oxygen atoms in total. The summed E-state index contributed by atoms with van der Waals surface area (Å²) in [6, 6.07) is -1.84. The van der Waals surface area contributed by atoms with E-state index < -0.39 is 30.4 Å². The summed E-state index contributed by atoms with van der Waals surface area (Å²) in [6.45, 7) is 1.77. The zero-order valence-corrected chi connectivity index (χ0v) is 10.9. The third kappa shape index (κ3) is 5.56. The van der Waals surface area contributed by atoms with E-state index in [0.717, 1.165) is 25.9 Å². The fourth-order valence-corrected chi connectivity index (χ4v) is 1.94. The normalized spacial score (nSPS) is 18.6. The lowest BCUT2D eigenvalue weighted by Crippen LogP contribution is -2.52. The molecule has 1 aliphatic rings. The number of nitrogens with two attached hydrogens (primary N) is 1. The molecule has 1 saturated heterocycles. The predicted octanol–water partition coefficient (Wildman–Crippen LogP) is -1.29. The number of carbonyl (C=O) groups is 3. The van der Waals surface area contributed by atoms with Crippen molar-refractivity contribution in [3.8, 4) is 0 Å². The highest BCUT2D eigenvalue weighted by Crippen LogP contribution is 2.07. The number of amides is 3. The Labute approximate surface area is 111 Å². The number of piperidine rings is 1. The summed E-state index contributed by atoms with van der Waals surface area (Å²) in [6.07, 6.45) is 1.21. The van der Waals surface area contributed by atoms with Crippen LogP contribution in [0.15, 0.2) is 0 Å². The third-order valence-electron chi connectivity index (χ3n) is 3.06. The predicted molar refractivity (Wildman–Crippen MR) is 67.4 cm³/mol. The summed E-state index contributed by atoms with van der Waals surface area (Å²) >= 11 is 0. The molecule has 0 aromatic carbocycles. The minimum atomic E-state index is -1.29. The molecule has 108 valence electrons. The topological polar surface area (TPSA) is 125 Å². The fourth-order valence-electron chi connectivity index (χ4n) is 1.94. The maximum atomic E-state index is 11.6. The van der Waals surface area contributed by atoms with Gasteiger partial charge >= 0.3 is 12.0 Å². The van der Waals surface area contributed by atoms with Crippen molar-refractivity contribution in [1.82, 2.24) is 15.5 Å². The molecule has 1 rings (SSSR count). The number of nitrogens with one attached hydrogen (secondary N) is 2. The van der Waals surface area contributed by atoms with Gasteiger partial charge in [-0.2, -0.15) is 0 Å². The number of carboxylic acids is 1. The Bertz CT molecular complexity index is 353. The molecule has 19 heavy (non-hydrogen) atoms. The van der Waals surface area contributed by atoms with Gasteiger partial charge in [0.15, 0.2) is 0 Å². The molecule has 0 unspecified atom stereocenters. The highest BCUT2D eigenvalue weighted by Gasteiger charge is 2.24. The molecule has 1 atom stereocenters. The van der Waals surface area contributed by atoms with Gasteiger partial charge in [0.05, 0.1) is 6.42 Å². The molecule has 1 heterocycles. The number of rotatable bonds is 5. The van der Waals surface area contributed by atoms with Gasteiger partial charge in [0.25, 0.3) is 0 Å². The van der Waals surface area contributed by atoms with Gasteiger partial charge in [0, 0.05) is 6.04 Å². The smallest absolute Gasteiger partial charge is 0.326 e. The SMILES string of the molecule is CN1CCC(NC(=O)N[C@H](CC(N)=O)C(=O)O)CC1. The quantitative estimate of drug-likeness (QED) is 0.495. The molecule has 1 aliphatic heterocycles. The van der Waals surface area contributed by atoms with Crippen LogP contribution in [0.3, 0.4) is 0 Å². The van der Waals surface area contributed by atoms with Crippen LogP contribution in [-0.2, 0) is 9.59 Å². The Balaban J connectivity index is 2.40. The molecule has 0 saturated carbocycles. The molecule has 0 aliphatic carbocycles. The number of primary amides is 1. The first kappa shape index (κ1) is 15.2. The second-order valence-corrected chi connectivity index (χ2v) is 4.76. The van der Waals surface area contributed by atoms with E-state index in [4.69, 9.17) is 10.8 Å². The van der Waals surface area contributed by atoms with Gasteiger partial charge in [-0.15, -0.1) is 0 Å². The first-order chi connectivity index (χ1) is 8.88. The van der Waals surface area contributed by atoms with Crippen LogP contribution in [-0.4, -0.2) is 60.1 Å². The summed E-state index contributed by atoms with van der Waals surface area (Å²) in [5, 5.41) is 13.8. The average molecular weight is 272 g/mol. The van der Waals surface area contributed by atoms with E-state index in [-0.39, 0.29) is 6.04 Å². The molecular weight excluding hydrogens is 252 g/mol. The van der Waals surface area contributed by atoms with E-state index >= 15 is 0 Å². The van der Waals surface area contributed by atoms with Gasteiger partial charge in [-0.3, -0.25) is 4.79 Å². The van der Waals surface area contributed by atoms with Gasteiger partial charge in [-0.05, 0) is 33.0 Å². The minimum absolute atomic E-state index is 0.0271. The Morgan fingerprint density at radius 1 is 1.37 bits per heavy atom. The van der Waals surface area contributed by atoms with Crippen LogP contribution in [0.1, 0.15) is 19.3 Å². The van der Waals surface area contributed by atoms with Crippen LogP contribution >= 0.6 is 0 Å². The number of aliphatic carboxylic acids is 1. The van der Waals surface area contributed by atoms with Crippen molar-refractivity contribution >= 4 is 17.9 Å². The summed E-state index contributed by atoms with van der Waals surface area (Å²) in [4.78, 5) is 35.3. The summed E-state index contributed by atoms with van der Waals surface area (Å²) < 4.78 is 0. The van der Waals surface area contributed by atoms with Crippen molar-refractivity contribution in [2.24, 2.45) is 5.73 Å². The second kappa shape index (κ2) is 6.93. The molecule has 0 bridgehead atoms. The maximum Gasteiger partial charge on any atom is 0.326 e. The Kier molecular flexibility index (Phi) is 5.56. The van der Waals surface area contributed by atoms with Crippen LogP contribution < -0.4 is 16.4 Å². The second-order valence-electron chi connectivity index (χ2n) is 4.76. The van der Waals surface area contributed by atoms with Gasteiger partial charge in [0.2, 0.25) is 5.91 Å². The molecule has 0 aromatic heterocycles. The van der Waals surface area contributed by atoms with Gasteiger partial charge in [-0.1, -0.05) is 0 Å². The van der Waals surface area contributed by atoms with E-state index in [1.807, 2.05) is 7.05 Å². The van der Waals surface area contributed by atoms with Crippen molar-refractivity contribution in [2.75, 3.05) is 20.1 Å². The zero-order chi connectivity index (χ0) is 14.4. The molecule has 0 spiro atoms. The monoisotopic (exact) mass is 272 g/mol. The largest absolute Gasteiger partial charge is 0.480 e. The number of hydrogen-bond acceptors (Lipinski definition) is 4. The van der Waals surface area contributed by atoms with Crippen molar-refractivity contribution in [2.45, 2.75) is 31.3 Å². The summed E-state index contributed by atoms with van der Waals surface area (Å²) in [5.74, 6) is -2.05. The molecule has 8 heteroatoms. The van der Waals surface area contributed by atoms with Crippen LogP contribution in [0.2, 0.25) is 0 Å². The van der Waals surface area contributed by atoms with Gasteiger partial charge in [-0.25, -0.2) is 9.59 Å². The lowest BCUT2D eigenvalue weighted by molar-refractivity contribution is -0.140. The van der Waals surface area contributed by atoms with Gasteiger partial charge in [0.1, 0.15) is 6.04 Å². The number of likely N-dealkylation sites (tertiary alicyclic amines) is 1. The van der Waals surface area contributed by atoms with Crippen molar-refractivity contribution in [3.63, 3.8) is 0 Å². The van der Waals surface area contributed by atoms with Crippen LogP contribution in [0.5, 0.6) is 0 Å². The van der Waals surface area contributed by atoms with Crippen LogP contribution in [0, 0.1) is 0 Å². The highest BCUT2D eigenvalue weighted by molar-refractivity contribution is 5.87. The molecule has 1 fully saturated rings. The molecule has 0 aromatic rings. The number of hydrogen-bond donors (Lipinski definition) is 4. The number of nitrogens with zero attached hydrogens (tertiary/aromatic N) is 1. The first-order valence-corrected chi connectivity index (χ1v) is 6.15. The Morgan fingerprint density at radius 2 is 1.95 bits per heavy atom. The molecular formula is C11H20N4O4. The maximum absolute atomic E-state index is 11.6. The van der Waals surface area contributed by atoms with E-state index in [0.29, 0.717) is 0 Å². The summed E-state index contributed by atoms with van der Waals surface area (Å²) in [5.41, 5.74) is 4.93. The highest BCUT2D eigenvalue weighted by atomic mass is 16.4. The van der Waals surface area contributed by atoms with Crippen LogP contribution in [0.4, 0.5) is 4.79 Å². The standard InChI is InChI=1S/C11H20N4O4/c1-15-4-2-7(3-5-15)13-11(19)14-8(10(17)18)6-9(12)16/h7-8H,2-6H2,1H3,(H2,12,16)(H,17,18)(H2,13,14,19)/t8-/m1/s1. The lowest BCUT2D eigenvalue weighted by Gasteiger charge is -2.29. The Morgan fingerprint density at radius 3 is 2.42 bits per heavy atom. The van der Waals surface area contributed by atoms with Crippen molar-refractivity contribution in [3.05, 3.63) is 0 Å². The zero-order valence-electron chi connectivity index (χ0n) is 10.9. The van der Waals surface area contributed by atoms with Gasteiger partial charge < -0.3 is 26.4 Å². The van der Waals surface area contributed by atoms with Crippen molar-refractivity contribution in [1.29, 1.82) is 0 Å². The van der Waals surface area contributed by atoms with E-state index in [1.165, 1.54) is 0 Å². The summed E-state index contributed by atoms with van der Waals surface area (Å²) in [7, 11) is 2.00. The number of carboxylic acid groups (broad SMARTS) is 1. The average Bonchev–Trinajstić information content (AvgIpc) is 2.30. The Hall–Kier alpha value is -1.83. The van der Waals surface area contributed by atoms with E-state index in [9.17, 15) is 14.4 Å². The van der Waals surface area contributed by atoms with Crippen LogP contribution in [0.25, 0.3) is 0 Å². The fraction of sp³-hybridized carbons (Fsp3) is 0.727. The van der Waals surface area contributed by atoms with E-state index in [1.54, 1.807) is 0 Å². The molecule has 0 radical (unpaired) electrons. The van der Waals surface area contributed by atoms with Crippen molar-refractivity contribution < 1.29 is 19.5 Å². The third-order valence-corrected chi connectivity index (χ3v) is 3.06. The number of carbonyl (C=O) groups excluding carboxylic acids is 2. The lowest BCUT2D eigenvalue weighted by atomic mass is 10.1. The molecule has 3 amide bonds. The molecule has 5 N–H and O–H groups in total.